The van der Waals surface area contributed by atoms with E-state index in [1.807, 2.05) is 20.8 Å². The topological polar surface area (TPSA) is 59.3 Å². The Bertz CT molecular complexity index is 418. The van der Waals surface area contributed by atoms with Gasteiger partial charge in [0, 0.05) is 17.8 Å². The predicted molar refractivity (Wildman–Crippen MR) is 60.9 cm³/mol. The third-order valence-corrected chi connectivity index (χ3v) is 2.88. The van der Waals surface area contributed by atoms with Crippen LogP contribution in [0.3, 0.4) is 0 Å². The molecule has 0 saturated carbocycles. The molecule has 16 heavy (non-hydrogen) atoms. The van der Waals surface area contributed by atoms with Crippen LogP contribution < -0.4 is 0 Å². The summed E-state index contributed by atoms with van der Waals surface area (Å²) in [6.45, 7) is 7.42. The smallest absolute Gasteiger partial charge is 0.352 e. The number of hydrogen-bond acceptors (Lipinski definition) is 2. The van der Waals surface area contributed by atoms with Crippen LogP contribution in [0.4, 0.5) is 0 Å². The van der Waals surface area contributed by atoms with Crippen molar-refractivity contribution in [1.82, 2.24) is 4.57 Å². The van der Waals surface area contributed by atoms with Crippen molar-refractivity contribution in [1.29, 1.82) is 0 Å². The van der Waals surface area contributed by atoms with E-state index in [4.69, 9.17) is 5.11 Å². The Hall–Kier alpha value is -1.58. The van der Waals surface area contributed by atoms with Crippen LogP contribution in [0.25, 0.3) is 0 Å². The van der Waals surface area contributed by atoms with E-state index in [-0.39, 0.29) is 17.5 Å². The molecule has 0 spiro atoms. The monoisotopic (exact) mass is 223 g/mol. The van der Waals surface area contributed by atoms with E-state index in [0.29, 0.717) is 11.5 Å². The normalized spacial score (nSPS) is 12.8. The molecule has 0 radical (unpaired) electrons. The second kappa shape index (κ2) is 4.51. The number of nitrogens with zero attached hydrogens (tertiary/aromatic N) is 1. The van der Waals surface area contributed by atoms with Gasteiger partial charge in [-0.15, -0.1) is 0 Å². The summed E-state index contributed by atoms with van der Waals surface area (Å²) in [6, 6.07) is 1.49. The molecule has 1 aromatic heterocycles. The third kappa shape index (κ3) is 2.32. The van der Waals surface area contributed by atoms with E-state index < -0.39 is 5.97 Å². The minimum absolute atomic E-state index is 0.0548. The van der Waals surface area contributed by atoms with E-state index >= 15 is 0 Å². The van der Waals surface area contributed by atoms with E-state index in [2.05, 4.69) is 0 Å². The first-order valence-electron chi connectivity index (χ1n) is 5.30. The molecule has 0 aliphatic rings. The van der Waals surface area contributed by atoms with Gasteiger partial charge in [0.05, 0.1) is 0 Å². The van der Waals surface area contributed by atoms with E-state index in [1.54, 1.807) is 10.8 Å². The molecule has 0 aliphatic carbocycles. The highest BCUT2D eigenvalue weighted by molar-refractivity contribution is 5.97. The molecule has 4 nitrogen and oxygen atoms in total. The molecule has 4 heteroatoms. The molecule has 1 unspecified atom stereocenters. The molecule has 1 aromatic rings. The first-order chi connectivity index (χ1) is 7.34. The summed E-state index contributed by atoms with van der Waals surface area (Å²) in [7, 11) is 0. The summed E-state index contributed by atoms with van der Waals surface area (Å²) in [5.74, 6) is -0.803. The highest BCUT2D eigenvalue weighted by Crippen LogP contribution is 2.22. The lowest BCUT2D eigenvalue weighted by atomic mass is 10.1. The quantitative estimate of drug-likeness (QED) is 0.798. The van der Waals surface area contributed by atoms with Crippen LogP contribution >= 0.6 is 0 Å². The second-order valence-corrected chi connectivity index (χ2v) is 4.37. The van der Waals surface area contributed by atoms with Gasteiger partial charge in [-0.2, -0.15) is 0 Å². The maximum atomic E-state index is 11.2. The van der Waals surface area contributed by atoms with E-state index in [0.717, 1.165) is 0 Å². The SMILES string of the molecule is CC(=O)c1cc(C(=O)O)n(C(C)C(C)C)c1. The van der Waals surface area contributed by atoms with E-state index in [1.165, 1.54) is 13.0 Å². The lowest BCUT2D eigenvalue weighted by Crippen LogP contribution is -2.16. The van der Waals surface area contributed by atoms with Crippen molar-refractivity contribution < 1.29 is 14.7 Å². The largest absolute Gasteiger partial charge is 0.477 e. The van der Waals surface area contributed by atoms with Crippen LogP contribution in [-0.4, -0.2) is 21.4 Å². The molecular weight excluding hydrogens is 206 g/mol. The van der Waals surface area contributed by atoms with Crippen LogP contribution in [0.2, 0.25) is 0 Å². The standard InChI is InChI=1S/C12H17NO3/c1-7(2)8(3)13-6-10(9(4)14)5-11(13)12(15)16/h5-8H,1-4H3,(H,15,16). The van der Waals surface area contributed by atoms with Crippen molar-refractivity contribution >= 4 is 11.8 Å². The average molecular weight is 223 g/mol. The molecule has 0 aliphatic heterocycles. The van der Waals surface area contributed by atoms with Gasteiger partial charge in [0.1, 0.15) is 5.69 Å². The average Bonchev–Trinajstić information content (AvgIpc) is 2.60. The molecule has 1 N–H and O–H groups in total. The van der Waals surface area contributed by atoms with Gasteiger partial charge in [0.2, 0.25) is 0 Å². The molecule has 0 fully saturated rings. The fourth-order valence-electron chi connectivity index (χ4n) is 1.50. The van der Waals surface area contributed by atoms with Crippen LogP contribution in [0.1, 0.15) is 54.6 Å². The minimum Gasteiger partial charge on any atom is -0.477 e. The van der Waals surface area contributed by atoms with Gasteiger partial charge in [0.15, 0.2) is 5.78 Å². The Morgan fingerprint density at radius 1 is 1.31 bits per heavy atom. The number of carbonyl (C=O) groups excluding carboxylic acids is 1. The molecule has 88 valence electrons. The number of ketones is 1. The number of carboxylic acid groups (broad SMARTS) is 1. The molecule has 1 atom stereocenters. The zero-order valence-electron chi connectivity index (χ0n) is 10.0. The Balaban J connectivity index is 3.25. The highest BCUT2D eigenvalue weighted by atomic mass is 16.4. The number of Topliss-reactive ketones (excluding diaryl/α,β-unsaturated/α-hetero) is 1. The zero-order chi connectivity index (χ0) is 12.5. The number of aromatic carboxylic acids is 1. The number of aromatic nitrogens is 1. The maximum Gasteiger partial charge on any atom is 0.352 e. The Kier molecular flexibility index (Phi) is 3.52. The van der Waals surface area contributed by atoms with Gasteiger partial charge in [-0.1, -0.05) is 13.8 Å². The number of hydrogen-bond donors (Lipinski definition) is 1. The van der Waals surface area contributed by atoms with Gasteiger partial charge in [-0.25, -0.2) is 4.79 Å². The fraction of sp³-hybridized carbons (Fsp3) is 0.500. The molecule has 0 bridgehead atoms. The number of carbonyl (C=O) groups is 2. The minimum atomic E-state index is -1.000. The summed E-state index contributed by atoms with van der Waals surface area (Å²) < 4.78 is 1.66. The van der Waals surface area contributed by atoms with Crippen molar-refractivity contribution in [3.8, 4) is 0 Å². The van der Waals surface area contributed by atoms with Crippen molar-refractivity contribution in [2.45, 2.75) is 33.7 Å². The third-order valence-electron chi connectivity index (χ3n) is 2.88. The molecule has 1 heterocycles. The lowest BCUT2D eigenvalue weighted by Gasteiger charge is -2.19. The summed E-state index contributed by atoms with van der Waals surface area (Å²) in [4.78, 5) is 22.3. The van der Waals surface area contributed by atoms with Crippen molar-refractivity contribution in [2.24, 2.45) is 5.92 Å². The summed E-state index contributed by atoms with van der Waals surface area (Å²) in [6.07, 6.45) is 1.62. The van der Waals surface area contributed by atoms with Crippen LogP contribution in [0, 0.1) is 5.92 Å². The van der Waals surface area contributed by atoms with Crippen LogP contribution in [0.15, 0.2) is 12.3 Å². The first kappa shape index (κ1) is 12.5. The summed E-state index contributed by atoms with van der Waals surface area (Å²) >= 11 is 0. The summed E-state index contributed by atoms with van der Waals surface area (Å²) in [5.41, 5.74) is 0.622. The molecule has 0 amide bonds. The Morgan fingerprint density at radius 2 is 1.88 bits per heavy atom. The summed E-state index contributed by atoms with van der Waals surface area (Å²) in [5, 5.41) is 9.06. The molecule has 0 saturated heterocycles. The predicted octanol–water partition coefficient (Wildman–Crippen LogP) is 2.61. The number of rotatable bonds is 4. The maximum absolute atomic E-state index is 11.2. The van der Waals surface area contributed by atoms with Gasteiger partial charge >= 0.3 is 5.97 Å². The lowest BCUT2D eigenvalue weighted by molar-refractivity contribution is 0.0681. The highest BCUT2D eigenvalue weighted by Gasteiger charge is 2.19. The van der Waals surface area contributed by atoms with Gasteiger partial charge in [0.25, 0.3) is 0 Å². The van der Waals surface area contributed by atoms with Gasteiger partial charge < -0.3 is 9.67 Å². The van der Waals surface area contributed by atoms with Crippen LogP contribution in [0.5, 0.6) is 0 Å². The Labute approximate surface area is 94.9 Å². The fourth-order valence-corrected chi connectivity index (χ4v) is 1.50. The molecule has 0 aromatic carbocycles. The van der Waals surface area contributed by atoms with E-state index in [9.17, 15) is 9.59 Å². The molecular formula is C12H17NO3. The zero-order valence-corrected chi connectivity index (χ0v) is 10.0. The first-order valence-corrected chi connectivity index (χ1v) is 5.30. The second-order valence-electron chi connectivity index (χ2n) is 4.37. The van der Waals surface area contributed by atoms with Crippen molar-refractivity contribution in [2.75, 3.05) is 0 Å². The van der Waals surface area contributed by atoms with Gasteiger partial charge in [-0.05, 0) is 25.8 Å². The van der Waals surface area contributed by atoms with Gasteiger partial charge in [-0.3, -0.25) is 4.79 Å². The van der Waals surface area contributed by atoms with Crippen molar-refractivity contribution in [3.05, 3.63) is 23.5 Å². The Morgan fingerprint density at radius 3 is 2.25 bits per heavy atom. The molecule has 1 rings (SSSR count). The number of carboxylic acids is 1. The van der Waals surface area contributed by atoms with Crippen molar-refractivity contribution in [3.63, 3.8) is 0 Å². The van der Waals surface area contributed by atoms with Crippen LogP contribution in [-0.2, 0) is 0 Å².